The number of nitrogens with zero attached hydrogens (tertiary/aromatic N) is 2. The molecule has 0 aliphatic heterocycles. The number of nitro groups is 1. The average molecular weight is 479 g/mol. The van der Waals surface area contributed by atoms with Crippen LogP contribution in [-0.2, 0) is 14.8 Å². The Balaban J connectivity index is 1.99. The van der Waals surface area contributed by atoms with E-state index in [4.69, 9.17) is 4.74 Å². The molecule has 2 aromatic carbocycles. The summed E-state index contributed by atoms with van der Waals surface area (Å²) in [5.74, 6) is -0.00876. The van der Waals surface area contributed by atoms with Crippen LogP contribution in [-0.4, -0.2) is 49.8 Å². The minimum Gasteiger partial charge on any atom is -0.492 e. The number of nitro benzene ring substituents is 1. The Hall–Kier alpha value is -3.18. The molecule has 11 heteroatoms. The number of rotatable bonds is 13. The Morgan fingerprint density at radius 1 is 1.06 bits per heavy atom. The molecule has 0 atom stereocenters. The lowest BCUT2D eigenvalue weighted by atomic mass is 10.2. The highest BCUT2D eigenvalue weighted by Gasteiger charge is 2.26. The summed E-state index contributed by atoms with van der Waals surface area (Å²) in [6, 6.07) is 10.6. The van der Waals surface area contributed by atoms with Gasteiger partial charge in [0, 0.05) is 49.6 Å². The van der Waals surface area contributed by atoms with Crippen molar-refractivity contribution in [1.29, 1.82) is 0 Å². The number of nitrogens with one attached hydrogen (secondary N) is 2. The van der Waals surface area contributed by atoms with Crippen molar-refractivity contribution >= 4 is 33.0 Å². The van der Waals surface area contributed by atoms with Crippen LogP contribution in [0.1, 0.15) is 33.6 Å². The average Bonchev–Trinajstić information content (AvgIpc) is 2.78. The zero-order valence-corrected chi connectivity index (χ0v) is 19.9. The van der Waals surface area contributed by atoms with E-state index in [0.29, 0.717) is 38.3 Å². The molecule has 0 heterocycles. The summed E-state index contributed by atoms with van der Waals surface area (Å²) in [5, 5.41) is 16.5. The number of amides is 1. The molecule has 0 radical (unpaired) electrons. The second-order valence-corrected chi connectivity index (χ2v) is 8.97. The molecule has 2 aromatic rings. The minimum atomic E-state index is -3.77. The van der Waals surface area contributed by atoms with E-state index in [9.17, 15) is 23.3 Å². The van der Waals surface area contributed by atoms with Gasteiger partial charge in [-0.3, -0.25) is 14.9 Å². The van der Waals surface area contributed by atoms with Crippen LogP contribution in [0, 0.1) is 10.1 Å². The normalized spacial score (nSPS) is 11.3. The van der Waals surface area contributed by atoms with Crippen molar-refractivity contribution < 1.29 is 22.9 Å². The summed E-state index contributed by atoms with van der Waals surface area (Å²) in [7, 11) is -3.77. The number of non-ortho nitro benzene ring substituents is 1. The first-order chi connectivity index (χ1) is 15.7. The van der Waals surface area contributed by atoms with E-state index in [-0.39, 0.29) is 28.7 Å². The van der Waals surface area contributed by atoms with Crippen LogP contribution in [0.2, 0.25) is 0 Å². The zero-order valence-electron chi connectivity index (χ0n) is 19.0. The first kappa shape index (κ1) is 26.1. The highest BCUT2D eigenvalue weighted by molar-refractivity contribution is 7.89. The summed E-state index contributed by atoms with van der Waals surface area (Å²) in [5.41, 5.74) is 1.11. The highest BCUT2D eigenvalue weighted by Crippen LogP contribution is 2.30. The van der Waals surface area contributed by atoms with Crippen LogP contribution in [0.4, 0.5) is 17.1 Å². The highest BCUT2D eigenvalue weighted by atomic mass is 32.2. The van der Waals surface area contributed by atoms with Crippen LogP contribution in [0.15, 0.2) is 47.4 Å². The van der Waals surface area contributed by atoms with Gasteiger partial charge in [0.25, 0.3) is 5.69 Å². The molecule has 0 unspecified atom stereocenters. The van der Waals surface area contributed by atoms with Crippen LogP contribution in [0.5, 0.6) is 5.75 Å². The quantitative estimate of drug-likeness (QED) is 0.254. The van der Waals surface area contributed by atoms with E-state index < -0.39 is 14.9 Å². The molecule has 0 saturated carbocycles. The van der Waals surface area contributed by atoms with Crippen molar-refractivity contribution in [2.24, 2.45) is 0 Å². The minimum absolute atomic E-state index is 0.0117. The molecular formula is C22H30N4O6S. The van der Waals surface area contributed by atoms with Gasteiger partial charge in [-0.1, -0.05) is 13.8 Å². The molecule has 1 amide bonds. The molecule has 0 aliphatic carbocycles. The van der Waals surface area contributed by atoms with Crippen molar-refractivity contribution in [3.05, 3.63) is 52.6 Å². The van der Waals surface area contributed by atoms with Gasteiger partial charge in [0.1, 0.15) is 10.6 Å². The summed E-state index contributed by atoms with van der Waals surface area (Å²) in [4.78, 5) is 22.6. The Labute approximate surface area is 194 Å². The zero-order chi connectivity index (χ0) is 24.4. The van der Waals surface area contributed by atoms with E-state index in [0.717, 1.165) is 5.69 Å². The number of ether oxygens (including phenoxy) is 1. The number of benzene rings is 2. The number of sulfonamides is 1. The number of hydrogen-bond acceptors (Lipinski definition) is 7. The molecule has 0 fully saturated rings. The molecule has 2 N–H and O–H groups in total. The second kappa shape index (κ2) is 12.2. The fourth-order valence-electron chi connectivity index (χ4n) is 3.17. The van der Waals surface area contributed by atoms with Gasteiger partial charge in [-0.2, -0.15) is 4.31 Å². The third-order valence-corrected chi connectivity index (χ3v) is 6.91. The van der Waals surface area contributed by atoms with E-state index in [1.807, 2.05) is 0 Å². The van der Waals surface area contributed by atoms with Gasteiger partial charge in [-0.05, 0) is 43.7 Å². The Morgan fingerprint density at radius 3 is 2.27 bits per heavy atom. The summed E-state index contributed by atoms with van der Waals surface area (Å²) >= 11 is 0. The lowest BCUT2D eigenvalue weighted by Gasteiger charge is -2.21. The van der Waals surface area contributed by atoms with Crippen molar-refractivity contribution in [3.8, 4) is 5.75 Å². The largest absolute Gasteiger partial charge is 0.492 e. The first-order valence-corrected chi connectivity index (χ1v) is 12.2. The van der Waals surface area contributed by atoms with Crippen LogP contribution < -0.4 is 15.4 Å². The molecule has 33 heavy (non-hydrogen) atoms. The van der Waals surface area contributed by atoms with Crippen molar-refractivity contribution in [2.45, 2.75) is 38.5 Å². The number of carbonyl (C=O) groups excluding carboxylic acids is 1. The lowest BCUT2D eigenvalue weighted by Crippen LogP contribution is -2.31. The molecule has 2 rings (SSSR count). The monoisotopic (exact) mass is 478 g/mol. The third-order valence-electron chi connectivity index (χ3n) is 4.84. The SMILES string of the molecule is CCOc1ccc(NC(=O)CCCNc2ccc([N+](=O)[O-])cc2)cc1S(=O)(=O)N(CC)CC. The van der Waals surface area contributed by atoms with Crippen LogP contribution in [0.3, 0.4) is 0 Å². The van der Waals surface area contributed by atoms with Gasteiger partial charge in [-0.15, -0.1) is 0 Å². The smallest absolute Gasteiger partial charge is 0.269 e. The van der Waals surface area contributed by atoms with Crippen molar-refractivity contribution in [1.82, 2.24) is 4.31 Å². The number of hydrogen-bond donors (Lipinski definition) is 2. The number of carbonyl (C=O) groups is 1. The molecule has 0 saturated heterocycles. The van der Waals surface area contributed by atoms with Gasteiger partial charge in [-0.25, -0.2) is 8.42 Å². The fourth-order valence-corrected chi connectivity index (χ4v) is 4.79. The van der Waals surface area contributed by atoms with Gasteiger partial charge in [0.15, 0.2) is 0 Å². The second-order valence-electron chi connectivity index (χ2n) is 7.07. The van der Waals surface area contributed by atoms with Crippen molar-refractivity contribution in [3.63, 3.8) is 0 Å². The van der Waals surface area contributed by atoms with Crippen LogP contribution >= 0.6 is 0 Å². The molecule has 0 aromatic heterocycles. The topological polar surface area (TPSA) is 131 Å². The Bertz CT molecular complexity index is 1050. The molecule has 180 valence electrons. The molecule has 0 bridgehead atoms. The molecule has 0 aliphatic rings. The predicted octanol–water partition coefficient (Wildman–Crippen LogP) is 3.85. The van der Waals surface area contributed by atoms with E-state index >= 15 is 0 Å². The van der Waals surface area contributed by atoms with Gasteiger partial charge < -0.3 is 15.4 Å². The summed E-state index contributed by atoms with van der Waals surface area (Å²) in [6.07, 6.45) is 0.732. The summed E-state index contributed by atoms with van der Waals surface area (Å²) < 4.78 is 32.9. The summed E-state index contributed by atoms with van der Waals surface area (Å²) in [6.45, 7) is 6.75. The van der Waals surface area contributed by atoms with Crippen molar-refractivity contribution in [2.75, 3.05) is 36.9 Å². The molecule has 0 spiro atoms. The number of anilines is 2. The fraction of sp³-hybridized carbons (Fsp3) is 0.409. The van der Waals surface area contributed by atoms with E-state index in [2.05, 4.69) is 10.6 Å². The van der Waals surface area contributed by atoms with E-state index in [1.54, 1.807) is 45.0 Å². The predicted molar refractivity (Wildman–Crippen MR) is 127 cm³/mol. The standard InChI is InChI=1S/C22H30N4O6S/c1-4-25(5-2)33(30,31)21-16-18(11-14-20(21)32-6-3)24-22(27)8-7-15-23-17-9-12-19(13-10-17)26(28)29/h9-14,16,23H,4-8,15H2,1-3H3,(H,24,27). The van der Waals surface area contributed by atoms with Gasteiger partial charge in [0.05, 0.1) is 11.5 Å². The Kier molecular flexibility index (Phi) is 9.61. The Morgan fingerprint density at radius 2 is 1.70 bits per heavy atom. The first-order valence-electron chi connectivity index (χ1n) is 10.8. The third kappa shape index (κ3) is 7.16. The van der Waals surface area contributed by atoms with Gasteiger partial charge >= 0.3 is 0 Å². The van der Waals surface area contributed by atoms with Crippen LogP contribution in [0.25, 0.3) is 0 Å². The van der Waals surface area contributed by atoms with E-state index in [1.165, 1.54) is 22.5 Å². The maximum absolute atomic E-state index is 13.0. The van der Waals surface area contributed by atoms with Gasteiger partial charge in [0.2, 0.25) is 15.9 Å². The maximum Gasteiger partial charge on any atom is 0.269 e. The molecular weight excluding hydrogens is 448 g/mol. The lowest BCUT2D eigenvalue weighted by molar-refractivity contribution is -0.384. The maximum atomic E-state index is 13.0. The molecule has 10 nitrogen and oxygen atoms in total.